The van der Waals surface area contributed by atoms with Crippen molar-refractivity contribution in [3.63, 3.8) is 0 Å². The SMILES string of the molecule is C=C(CC(C)F)C(=Nc1ccccc1C)N1CCN(Cc2ccc(C(=N)c3cccc(F)c3)c(C)c2)CC1. The fourth-order valence-corrected chi connectivity index (χ4v) is 4.89. The van der Waals surface area contributed by atoms with Crippen LogP contribution in [-0.4, -0.2) is 53.7 Å². The molecule has 0 bridgehead atoms. The predicted octanol–water partition coefficient (Wildman–Crippen LogP) is 7.01. The third-order valence-corrected chi connectivity index (χ3v) is 6.94. The molecule has 6 heteroatoms. The van der Waals surface area contributed by atoms with Gasteiger partial charge in [0.2, 0.25) is 0 Å². The molecule has 1 saturated heterocycles. The van der Waals surface area contributed by atoms with E-state index in [9.17, 15) is 8.78 Å². The van der Waals surface area contributed by atoms with Crippen LogP contribution in [0.15, 0.2) is 83.9 Å². The van der Waals surface area contributed by atoms with Crippen LogP contribution in [0.1, 0.15) is 41.2 Å². The van der Waals surface area contributed by atoms with Gasteiger partial charge in [-0.25, -0.2) is 13.8 Å². The molecule has 0 spiro atoms. The summed E-state index contributed by atoms with van der Waals surface area (Å²) in [7, 11) is 0. The van der Waals surface area contributed by atoms with E-state index >= 15 is 0 Å². The number of nitrogens with zero attached hydrogens (tertiary/aromatic N) is 3. The number of halogens is 2. The van der Waals surface area contributed by atoms with E-state index in [2.05, 4.69) is 28.5 Å². The summed E-state index contributed by atoms with van der Waals surface area (Å²) in [5.74, 6) is 0.440. The van der Waals surface area contributed by atoms with Crippen molar-refractivity contribution in [3.05, 3.63) is 113 Å². The Balaban J connectivity index is 1.43. The zero-order valence-electron chi connectivity index (χ0n) is 22.5. The molecule has 1 atom stereocenters. The largest absolute Gasteiger partial charge is 0.354 e. The van der Waals surface area contributed by atoms with E-state index in [0.717, 1.165) is 66.5 Å². The smallest absolute Gasteiger partial charge is 0.132 e. The molecule has 1 aliphatic rings. The highest BCUT2D eigenvalue weighted by molar-refractivity contribution is 6.11. The second kappa shape index (κ2) is 12.3. The van der Waals surface area contributed by atoms with Gasteiger partial charge in [-0.15, -0.1) is 0 Å². The van der Waals surface area contributed by atoms with Crippen LogP contribution in [0.2, 0.25) is 0 Å². The third kappa shape index (κ3) is 6.81. The normalized spacial score (nSPS) is 15.4. The van der Waals surface area contributed by atoms with Gasteiger partial charge in [0.25, 0.3) is 0 Å². The molecular weight excluding hydrogens is 478 g/mol. The van der Waals surface area contributed by atoms with Crippen molar-refractivity contribution in [2.75, 3.05) is 26.2 Å². The molecular formula is C32H36F2N4. The first-order valence-corrected chi connectivity index (χ1v) is 13.1. The van der Waals surface area contributed by atoms with Gasteiger partial charge in [-0.1, -0.05) is 55.1 Å². The lowest BCUT2D eigenvalue weighted by Crippen LogP contribution is -2.48. The number of alkyl halides is 1. The Morgan fingerprint density at radius 2 is 1.71 bits per heavy atom. The lowest BCUT2D eigenvalue weighted by atomic mass is 9.96. The fraction of sp³-hybridized carbons (Fsp3) is 0.312. The number of hydrogen-bond donors (Lipinski definition) is 1. The van der Waals surface area contributed by atoms with E-state index in [1.54, 1.807) is 19.1 Å². The van der Waals surface area contributed by atoms with Crippen LogP contribution < -0.4 is 0 Å². The van der Waals surface area contributed by atoms with E-state index in [-0.39, 0.29) is 12.2 Å². The molecule has 1 N–H and O–H groups in total. The Morgan fingerprint density at radius 3 is 2.37 bits per heavy atom. The summed E-state index contributed by atoms with van der Waals surface area (Å²) < 4.78 is 27.5. The standard InChI is InChI=1S/C32H36F2N4/c1-22-8-5-6-11-30(22)36-32(24(3)18-25(4)33)38-16-14-37(15-17-38)21-26-12-13-29(23(2)19-26)31(35)27-9-7-10-28(34)20-27/h5-13,19-20,25,35H,3,14-18,21H2,1-2,4H3. The van der Waals surface area contributed by atoms with Crippen LogP contribution in [0.5, 0.6) is 0 Å². The van der Waals surface area contributed by atoms with Crippen LogP contribution in [0.3, 0.4) is 0 Å². The molecule has 4 rings (SSSR count). The minimum Gasteiger partial charge on any atom is -0.354 e. The molecule has 1 unspecified atom stereocenters. The highest BCUT2D eigenvalue weighted by atomic mass is 19.1. The van der Waals surface area contributed by atoms with Crippen molar-refractivity contribution < 1.29 is 8.78 Å². The van der Waals surface area contributed by atoms with E-state index in [0.29, 0.717) is 11.3 Å². The fourth-order valence-electron chi connectivity index (χ4n) is 4.89. The highest BCUT2D eigenvalue weighted by Crippen LogP contribution is 2.23. The van der Waals surface area contributed by atoms with Crippen LogP contribution in [0, 0.1) is 25.1 Å². The maximum absolute atomic E-state index is 13.9. The number of nitrogens with one attached hydrogen (secondary N) is 1. The number of para-hydroxylation sites is 1. The highest BCUT2D eigenvalue weighted by Gasteiger charge is 2.23. The van der Waals surface area contributed by atoms with Crippen LogP contribution in [-0.2, 0) is 6.54 Å². The molecule has 3 aromatic rings. The molecule has 0 saturated carbocycles. The van der Waals surface area contributed by atoms with Crippen molar-refractivity contribution in [2.45, 2.75) is 39.9 Å². The monoisotopic (exact) mass is 514 g/mol. The summed E-state index contributed by atoms with van der Waals surface area (Å²) in [5.41, 5.74) is 6.57. The van der Waals surface area contributed by atoms with Gasteiger partial charge in [0.1, 0.15) is 17.8 Å². The summed E-state index contributed by atoms with van der Waals surface area (Å²) in [6, 6.07) is 20.3. The van der Waals surface area contributed by atoms with Gasteiger partial charge in [0.15, 0.2) is 0 Å². The van der Waals surface area contributed by atoms with E-state index in [1.807, 2.05) is 44.2 Å². The first-order chi connectivity index (χ1) is 18.2. The molecule has 1 fully saturated rings. The first kappa shape index (κ1) is 27.4. The molecule has 1 aliphatic heterocycles. The van der Waals surface area contributed by atoms with Crippen molar-refractivity contribution in [1.29, 1.82) is 5.41 Å². The van der Waals surface area contributed by atoms with Crippen molar-refractivity contribution in [1.82, 2.24) is 9.80 Å². The molecule has 198 valence electrons. The summed E-state index contributed by atoms with van der Waals surface area (Å²) >= 11 is 0. The summed E-state index contributed by atoms with van der Waals surface area (Å²) in [6.07, 6.45) is -0.708. The second-order valence-corrected chi connectivity index (χ2v) is 10.1. The van der Waals surface area contributed by atoms with Crippen LogP contribution >= 0.6 is 0 Å². The Labute approximate surface area is 224 Å². The Morgan fingerprint density at radius 1 is 0.974 bits per heavy atom. The summed E-state index contributed by atoms with van der Waals surface area (Å²) in [5, 5.41) is 8.54. The van der Waals surface area contributed by atoms with Gasteiger partial charge in [0, 0.05) is 50.3 Å². The predicted molar refractivity (Wildman–Crippen MR) is 153 cm³/mol. The molecule has 0 aliphatic carbocycles. The lowest BCUT2D eigenvalue weighted by Gasteiger charge is -2.37. The van der Waals surface area contributed by atoms with Gasteiger partial charge in [-0.2, -0.15) is 0 Å². The number of amidine groups is 1. The van der Waals surface area contributed by atoms with Crippen molar-refractivity contribution >= 4 is 17.2 Å². The molecule has 0 amide bonds. The molecule has 1 heterocycles. The number of piperazine rings is 1. The number of rotatable bonds is 8. The molecule has 0 aromatic heterocycles. The Bertz CT molecular complexity index is 1340. The molecule has 0 radical (unpaired) electrons. The Kier molecular flexibility index (Phi) is 8.85. The third-order valence-electron chi connectivity index (χ3n) is 6.94. The maximum atomic E-state index is 13.9. The van der Waals surface area contributed by atoms with Crippen LogP contribution in [0.4, 0.5) is 14.5 Å². The summed E-state index contributed by atoms with van der Waals surface area (Å²) in [6.45, 7) is 13.8. The molecule has 38 heavy (non-hydrogen) atoms. The maximum Gasteiger partial charge on any atom is 0.132 e. The number of benzene rings is 3. The quantitative estimate of drug-likeness (QED) is 0.260. The Hall–Kier alpha value is -3.64. The van der Waals surface area contributed by atoms with Crippen molar-refractivity contribution in [3.8, 4) is 0 Å². The minimum atomic E-state index is -0.973. The lowest BCUT2D eigenvalue weighted by molar-refractivity contribution is 0.175. The second-order valence-electron chi connectivity index (χ2n) is 10.1. The zero-order valence-corrected chi connectivity index (χ0v) is 22.5. The van der Waals surface area contributed by atoms with E-state index < -0.39 is 6.17 Å². The number of aryl methyl sites for hydroxylation is 2. The average molecular weight is 515 g/mol. The van der Waals surface area contributed by atoms with Gasteiger partial charge >= 0.3 is 0 Å². The topological polar surface area (TPSA) is 42.7 Å². The average Bonchev–Trinajstić information content (AvgIpc) is 2.88. The minimum absolute atomic E-state index is 0.265. The van der Waals surface area contributed by atoms with Gasteiger partial charge < -0.3 is 4.90 Å². The summed E-state index contributed by atoms with van der Waals surface area (Å²) in [4.78, 5) is 9.55. The number of aliphatic imine (C=N–C) groups is 1. The van der Waals surface area contributed by atoms with Gasteiger partial charge in [0.05, 0.1) is 11.4 Å². The van der Waals surface area contributed by atoms with Gasteiger partial charge in [-0.05, 0) is 61.2 Å². The van der Waals surface area contributed by atoms with Gasteiger partial charge in [-0.3, -0.25) is 10.3 Å². The first-order valence-electron chi connectivity index (χ1n) is 13.1. The molecule has 4 nitrogen and oxygen atoms in total. The van der Waals surface area contributed by atoms with Crippen LogP contribution in [0.25, 0.3) is 0 Å². The molecule has 3 aromatic carbocycles. The van der Waals surface area contributed by atoms with E-state index in [4.69, 9.17) is 10.4 Å². The number of hydrogen-bond acceptors (Lipinski definition) is 3. The zero-order chi connectivity index (χ0) is 27.2. The van der Waals surface area contributed by atoms with E-state index in [1.165, 1.54) is 17.7 Å². The van der Waals surface area contributed by atoms with Crippen molar-refractivity contribution in [2.24, 2.45) is 4.99 Å².